The number of benzene rings is 1. The first-order valence-corrected chi connectivity index (χ1v) is 10.2. The Bertz CT molecular complexity index is 834. The highest BCUT2D eigenvalue weighted by Gasteiger charge is 2.37. The molecular formula is C19H21ClN2O5S. The molecular weight excluding hydrogens is 404 g/mol. The van der Waals surface area contributed by atoms with E-state index in [4.69, 9.17) is 16.3 Å². The van der Waals surface area contributed by atoms with Gasteiger partial charge >= 0.3 is 0 Å². The van der Waals surface area contributed by atoms with Crippen LogP contribution in [0.2, 0.25) is 5.02 Å². The summed E-state index contributed by atoms with van der Waals surface area (Å²) in [5.41, 5.74) is 0.504. The van der Waals surface area contributed by atoms with Gasteiger partial charge in [-0.05, 0) is 48.4 Å². The van der Waals surface area contributed by atoms with Crippen LogP contribution >= 0.6 is 23.4 Å². The van der Waals surface area contributed by atoms with Crippen LogP contribution in [0.1, 0.15) is 31.2 Å². The first kappa shape index (κ1) is 20.5. The normalized spacial score (nSPS) is 19.3. The van der Waals surface area contributed by atoms with Crippen LogP contribution in [0.15, 0.2) is 17.0 Å². The van der Waals surface area contributed by atoms with Crippen LogP contribution in [0, 0.1) is 0 Å². The van der Waals surface area contributed by atoms with Gasteiger partial charge in [-0.15, -0.1) is 0 Å². The van der Waals surface area contributed by atoms with Gasteiger partial charge in [-0.2, -0.15) is 0 Å². The second-order valence-corrected chi connectivity index (χ2v) is 8.02. The largest absolute Gasteiger partial charge is 0.503 e. The molecule has 3 rings (SSSR count). The van der Waals surface area contributed by atoms with Crippen molar-refractivity contribution in [2.45, 2.75) is 25.7 Å². The summed E-state index contributed by atoms with van der Waals surface area (Å²) < 4.78 is 5.05. The lowest BCUT2D eigenvalue weighted by molar-refractivity contribution is -0.135. The van der Waals surface area contributed by atoms with Crippen LogP contribution in [-0.2, 0) is 9.59 Å². The van der Waals surface area contributed by atoms with Gasteiger partial charge in [-0.1, -0.05) is 24.4 Å². The van der Waals surface area contributed by atoms with E-state index in [-0.39, 0.29) is 33.9 Å². The topological polar surface area (TPSA) is 87.2 Å². The number of aromatic hydroxyl groups is 1. The zero-order chi connectivity index (χ0) is 20.3. The maximum Gasteiger partial charge on any atom is 0.294 e. The fraction of sp³-hybridized carbons (Fsp3) is 0.421. The van der Waals surface area contributed by atoms with Gasteiger partial charge in [0, 0.05) is 13.1 Å². The minimum atomic E-state index is -0.513. The molecule has 0 atom stereocenters. The van der Waals surface area contributed by atoms with E-state index in [1.807, 2.05) is 0 Å². The quantitative estimate of drug-likeness (QED) is 0.744. The Morgan fingerprint density at radius 1 is 1.25 bits per heavy atom. The molecule has 2 heterocycles. The predicted molar refractivity (Wildman–Crippen MR) is 107 cm³/mol. The third-order valence-corrected chi connectivity index (χ3v) is 5.89. The number of methoxy groups -OCH3 is 1. The van der Waals surface area contributed by atoms with Gasteiger partial charge in [-0.3, -0.25) is 19.3 Å². The third-order valence-electron chi connectivity index (χ3n) is 4.69. The summed E-state index contributed by atoms with van der Waals surface area (Å²) in [5, 5.41) is 9.40. The summed E-state index contributed by atoms with van der Waals surface area (Å²) in [6.45, 7) is 1.08. The van der Waals surface area contributed by atoms with Crippen LogP contribution in [0.5, 0.6) is 11.5 Å². The third kappa shape index (κ3) is 4.44. The van der Waals surface area contributed by atoms with Gasteiger partial charge in [0.05, 0.1) is 17.0 Å². The average Bonchev–Trinajstić information content (AvgIpc) is 2.88. The van der Waals surface area contributed by atoms with Crippen molar-refractivity contribution in [3.8, 4) is 11.5 Å². The van der Waals surface area contributed by atoms with Crippen LogP contribution in [0.4, 0.5) is 4.79 Å². The van der Waals surface area contributed by atoms with Crippen LogP contribution in [0.25, 0.3) is 6.08 Å². The number of hydrogen-bond donors (Lipinski definition) is 1. The van der Waals surface area contributed by atoms with Gasteiger partial charge in [0.25, 0.3) is 11.1 Å². The molecule has 2 aliphatic rings. The molecule has 1 aromatic carbocycles. The predicted octanol–water partition coefficient (Wildman–Crippen LogP) is 3.49. The first-order chi connectivity index (χ1) is 13.4. The van der Waals surface area contributed by atoms with E-state index >= 15 is 0 Å². The molecule has 28 heavy (non-hydrogen) atoms. The Balaban J connectivity index is 1.75. The first-order valence-electron chi connectivity index (χ1n) is 9.00. The highest BCUT2D eigenvalue weighted by Crippen LogP contribution is 2.37. The Labute approximate surface area is 172 Å². The number of halogens is 1. The molecule has 150 valence electrons. The summed E-state index contributed by atoms with van der Waals surface area (Å²) in [6.07, 6.45) is 5.56. The van der Waals surface area contributed by atoms with Crippen molar-refractivity contribution in [2.75, 3.05) is 26.7 Å². The van der Waals surface area contributed by atoms with Gasteiger partial charge in [0.1, 0.15) is 6.54 Å². The van der Waals surface area contributed by atoms with E-state index in [0.717, 1.165) is 42.3 Å². The maximum absolute atomic E-state index is 12.6. The van der Waals surface area contributed by atoms with E-state index < -0.39 is 11.1 Å². The van der Waals surface area contributed by atoms with Gasteiger partial charge in [0.2, 0.25) is 5.91 Å². The standard InChI is InChI=1S/C19H21ClN2O5S/c1-27-14-9-12(8-13(20)17(14)24)10-15-18(25)22(19(26)28-15)11-16(23)21-6-4-2-3-5-7-21/h8-10,24H,2-7,11H2,1H3. The molecule has 3 amide bonds. The zero-order valence-corrected chi connectivity index (χ0v) is 17.0. The van der Waals surface area contributed by atoms with E-state index in [0.29, 0.717) is 18.7 Å². The molecule has 0 bridgehead atoms. The van der Waals surface area contributed by atoms with Crippen molar-refractivity contribution in [2.24, 2.45) is 0 Å². The van der Waals surface area contributed by atoms with Crippen LogP contribution in [0.3, 0.4) is 0 Å². The molecule has 0 aliphatic carbocycles. The van der Waals surface area contributed by atoms with Crippen LogP contribution < -0.4 is 4.74 Å². The maximum atomic E-state index is 12.6. The molecule has 9 heteroatoms. The molecule has 2 aliphatic heterocycles. The van der Waals surface area contributed by atoms with Crippen molar-refractivity contribution in [3.63, 3.8) is 0 Å². The Kier molecular flexibility index (Phi) is 6.51. The number of rotatable bonds is 4. The number of nitrogens with zero attached hydrogens (tertiary/aromatic N) is 2. The van der Waals surface area contributed by atoms with E-state index in [9.17, 15) is 19.5 Å². The molecule has 0 spiro atoms. The molecule has 0 unspecified atom stereocenters. The number of phenolic OH excluding ortho intramolecular Hbond substituents is 1. The zero-order valence-electron chi connectivity index (χ0n) is 15.4. The number of phenols is 1. The fourth-order valence-corrected chi connectivity index (χ4v) is 4.23. The Hall–Kier alpha value is -2.19. The molecule has 2 saturated heterocycles. The molecule has 0 saturated carbocycles. The highest BCUT2D eigenvalue weighted by molar-refractivity contribution is 8.18. The lowest BCUT2D eigenvalue weighted by Crippen LogP contribution is -2.42. The molecule has 0 aromatic heterocycles. The number of carbonyl (C=O) groups excluding carboxylic acids is 3. The number of imide groups is 1. The number of hydrogen-bond acceptors (Lipinski definition) is 6. The van der Waals surface area contributed by atoms with E-state index in [1.165, 1.54) is 25.3 Å². The second kappa shape index (κ2) is 8.87. The van der Waals surface area contributed by atoms with Crippen molar-refractivity contribution < 1.29 is 24.2 Å². The van der Waals surface area contributed by atoms with E-state index in [2.05, 4.69) is 0 Å². The molecule has 0 radical (unpaired) electrons. The lowest BCUT2D eigenvalue weighted by atomic mass is 10.2. The fourth-order valence-electron chi connectivity index (χ4n) is 3.18. The summed E-state index contributed by atoms with van der Waals surface area (Å²) >= 11 is 6.74. The lowest BCUT2D eigenvalue weighted by Gasteiger charge is -2.22. The van der Waals surface area contributed by atoms with Crippen molar-refractivity contribution in [1.29, 1.82) is 0 Å². The number of carbonyl (C=O) groups is 3. The smallest absolute Gasteiger partial charge is 0.294 e. The molecule has 2 fully saturated rings. The number of ether oxygens (including phenoxy) is 1. The molecule has 1 aromatic rings. The van der Waals surface area contributed by atoms with Crippen molar-refractivity contribution in [3.05, 3.63) is 27.6 Å². The summed E-state index contributed by atoms with van der Waals surface area (Å²) in [5.74, 6) is -0.757. The summed E-state index contributed by atoms with van der Waals surface area (Å²) in [4.78, 5) is 40.3. The van der Waals surface area contributed by atoms with Crippen LogP contribution in [-0.4, -0.2) is 58.7 Å². The van der Waals surface area contributed by atoms with E-state index in [1.54, 1.807) is 4.90 Å². The summed E-state index contributed by atoms with van der Waals surface area (Å²) in [6, 6.07) is 2.98. The van der Waals surface area contributed by atoms with Crippen molar-refractivity contribution >= 4 is 46.5 Å². The SMILES string of the molecule is COc1cc(C=C2SC(=O)N(CC(=O)N3CCCCCC3)C2=O)cc(Cl)c1O. The number of likely N-dealkylation sites (tertiary alicyclic amines) is 1. The summed E-state index contributed by atoms with van der Waals surface area (Å²) in [7, 11) is 1.39. The number of amides is 3. The van der Waals surface area contributed by atoms with Gasteiger partial charge in [0.15, 0.2) is 11.5 Å². The monoisotopic (exact) mass is 424 g/mol. The minimum Gasteiger partial charge on any atom is -0.503 e. The van der Waals surface area contributed by atoms with Crippen molar-refractivity contribution in [1.82, 2.24) is 9.80 Å². The minimum absolute atomic E-state index is 0.0705. The van der Waals surface area contributed by atoms with Gasteiger partial charge in [-0.25, -0.2) is 0 Å². The molecule has 1 N–H and O–H groups in total. The Morgan fingerprint density at radius 2 is 1.93 bits per heavy atom. The number of thioether (sulfide) groups is 1. The molecule has 7 nitrogen and oxygen atoms in total. The average molecular weight is 425 g/mol. The second-order valence-electron chi connectivity index (χ2n) is 6.62. The van der Waals surface area contributed by atoms with Gasteiger partial charge < -0.3 is 14.7 Å². The highest BCUT2D eigenvalue weighted by atomic mass is 35.5. The Morgan fingerprint density at radius 3 is 2.57 bits per heavy atom.